The van der Waals surface area contributed by atoms with Crippen molar-refractivity contribution in [3.63, 3.8) is 0 Å². The predicted molar refractivity (Wildman–Crippen MR) is 97.1 cm³/mol. The lowest BCUT2D eigenvalue weighted by atomic mass is 10.2. The van der Waals surface area contributed by atoms with E-state index in [-0.39, 0.29) is 18.0 Å². The molecule has 0 aliphatic carbocycles. The van der Waals surface area contributed by atoms with Crippen LogP contribution in [0.4, 0.5) is 5.69 Å². The summed E-state index contributed by atoms with van der Waals surface area (Å²) < 4.78 is 7.14. The summed E-state index contributed by atoms with van der Waals surface area (Å²) in [5.74, 6) is 0.853. The zero-order valence-electron chi connectivity index (χ0n) is 14.4. The number of anilines is 1. The van der Waals surface area contributed by atoms with E-state index in [0.717, 1.165) is 24.5 Å². The van der Waals surface area contributed by atoms with Gasteiger partial charge in [0.1, 0.15) is 12.3 Å². The van der Waals surface area contributed by atoms with Gasteiger partial charge in [0.25, 0.3) is 5.56 Å². The van der Waals surface area contributed by atoms with Crippen LogP contribution in [0.5, 0.6) is 5.75 Å². The van der Waals surface area contributed by atoms with Crippen molar-refractivity contribution in [1.82, 2.24) is 9.47 Å². The molecule has 1 aromatic carbocycles. The monoisotopic (exact) mass is 341 g/mol. The van der Waals surface area contributed by atoms with Gasteiger partial charge >= 0.3 is 0 Å². The fraction of sp³-hybridized carbons (Fsp3) is 0.368. The van der Waals surface area contributed by atoms with Crippen LogP contribution in [0.3, 0.4) is 0 Å². The van der Waals surface area contributed by atoms with E-state index in [2.05, 4.69) is 4.90 Å². The van der Waals surface area contributed by atoms with E-state index < -0.39 is 0 Å². The number of carbonyl (C=O) groups is 1. The Hall–Kier alpha value is -2.76. The first-order chi connectivity index (χ1) is 12.2. The van der Waals surface area contributed by atoms with Crippen molar-refractivity contribution >= 4 is 11.6 Å². The van der Waals surface area contributed by atoms with Gasteiger partial charge in [-0.15, -0.1) is 0 Å². The van der Waals surface area contributed by atoms with Crippen LogP contribution in [0.1, 0.15) is 6.92 Å². The van der Waals surface area contributed by atoms with E-state index in [4.69, 9.17) is 4.74 Å². The predicted octanol–water partition coefficient (Wildman–Crippen LogP) is 1.60. The minimum absolute atomic E-state index is 0.0222. The topological polar surface area (TPSA) is 54.8 Å². The highest BCUT2D eigenvalue weighted by atomic mass is 16.5. The summed E-state index contributed by atoms with van der Waals surface area (Å²) in [4.78, 5) is 28.3. The molecular formula is C19H23N3O3. The number of carbonyl (C=O) groups excluding carboxylic acids is 1. The maximum atomic E-state index is 12.5. The quantitative estimate of drug-likeness (QED) is 0.829. The van der Waals surface area contributed by atoms with Crippen molar-refractivity contribution in [3.05, 3.63) is 59.0 Å². The Labute approximate surface area is 147 Å². The third-order valence-corrected chi connectivity index (χ3v) is 4.34. The first-order valence-corrected chi connectivity index (χ1v) is 8.59. The van der Waals surface area contributed by atoms with Gasteiger partial charge in [-0.1, -0.05) is 18.2 Å². The fourth-order valence-corrected chi connectivity index (χ4v) is 3.03. The Morgan fingerprint density at radius 2 is 1.76 bits per heavy atom. The van der Waals surface area contributed by atoms with Crippen molar-refractivity contribution < 1.29 is 9.53 Å². The Bertz CT molecular complexity index is 779. The van der Waals surface area contributed by atoms with E-state index in [1.807, 2.05) is 36.1 Å². The molecule has 132 valence electrons. The molecule has 0 bridgehead atoms. The molecule has 0 N–H and O–H groups in total. The fourth-order valence-electron chi connectivity index (χ4n) is 3.03. The SMILES string of the molecule is CCOc1ccccc1N1CCN(C(=O)Cn2ccccc2=O)CC1. The van der Waals surface area contributed by atoms with E-state index in [9.17, 15) is 9.59 Å². The number of pyridine rings is 1. The Morgan fingerprint density at radius 3 is 2.48 bits per heavy atom. The van der Waals surface area contributed by atoms with E-state index in [0.29, 0.717) is 19.7 Å². The largest absolute Gasteiger partial charge is 0.492 e. The van der Waals surface area contributed by atoms with Gasteiger partial charge in [0, 0.05) is 38.4 Å². The van der Waals surface area contributed by atoms with Gasteiger partial charge < -0.3 is 19.1 Å². The van der Waals surface area contributed by atoms with Crippen LogP contribution in [-0.4, -0.2) is 48.2 Å². The maximum Gasteiger partial charge on any atom is 0.250 e. The molecule has 3 rings (SSSR count). The number of amides is 1. The molecule has 1 aromatic heterocycles. The van der Waals surface area contributed by atoms with Crippen LogP contribution in [0, 0.1) is 0 Å². The molecule has 1 aliphatic heterocycles. The van der Waals surface area contributed by atoms with Crippen LogP contribution < -0.4 is 15.2 Å². The molecule has 0 unspecified atom stereocenters. The first kappa shape index (κ1) is 17.1. The number of benzene rings is 1. The zero-order valence-corrected chi connectivity index (χ0v) is 14.4. The number of para-hydroxylation sites is 2. The summed E-state index contributed by atoms with van der Waals surface area (Å²) >= 11 is 0. The number of ether oxygens (including phenoxy) is 1. The lowest BCUT2D eigenvalue weighted by Gasteiger charge is -2.36. The first-order valence-electron chi connectivity index (χ1n) is 8.59. The van der Waals surface area contributed by atoms with Crippen LogP contribution >= 0.6 is 0 Å². The summed E-state index contributed by atoms with van der Waals surface area (Å²) in [6.07, 6.45) is 1.65. The Balaban J connectivity index is 1.61. The average Bonchev–Trinajstić information content (AvgIpc) is 2.64. The maximum absolute atomic E-state index is 12.5. The molecule has 1 aliphatic rings. The van der Waals surface area contributed by atoms with Crippen molar-refractivity contribution in [2.24, 2.45) is 0 Å². The summed E-state index contributed by atoms with van der Waals surface area (Å²) in [5.41, 5.74) is 0.913. The smallest absolute Gasteiger partial charge is 0.250 e. The van der Waals surface area contributed by atoms with Crippen molar-refractivity contribution in [2.75, 3.05) is 37.7 Å². The molecule has 0 radical (unpaired) electrons. The van der Waals surface area contributed by atoms with E-state index >= 15 is 0 Å². The van der Waals surface area contributed by atoms with Gasteiger partial charge in [-0.05, 0) is 25.1 Å². The highest BCUT2D eigenvalue weighted by molar-refractivity contribution is 5.76. The van der Waals surface area contributed by atoms with Gasteiger partial charge in [-0.2, -0.15) is 0 Å². The Kier molecular flexibility index (Phi) is 5.38. The number of hydrogen-bond donors (Lipinski definition) is 0. The second-order valence-electron chi connectivity index (χ2n) is 5.94. The molecule has 1 amide bonds. The zero-order chi connectivity index (χ0) is 17.6. The lowest BCUT2D eigenvalue weighted by Crippen LogP contribution is -2.50. The van der Waals surface area contributed by atoms with Gasteiger partial charge in [0.2, 0.25) is 5.91 Å². The van der Waals surface area contributed by atoms with Gasteiger partial charge in [0.05, 0.1) is 12.3 Å². The van der Waals surface area contributed by atoms with Gasteiger partial charge in [0.15, 0.2) is 0 Å². The molecule has 6 heteroatoms. The molecule has 25 heavy (non-hydrogen) atoms. The molecule has 2 heterocycles. The number of nitrogens with zero attached hydrogens (tertiary/aromatic N) is 3. The van der Waals surface area contributed by atoms with Gasteiger partial charge in [-0.3, -0.25) is 9.59 Å². The van der Waals surface area contributed by atoms with Crippen molar-refractivity contribution in [3.8, 4) is 5.75 Å². The molecule has 1 saturated heterocycles. The van der Waals surface area contributed by atoms with Crippen LogP contribution in [-0.2, 0) is 11.3 Å². The summed E-state index contributed by atoms with van der Waals surface area (Å²) in [6.45, 7) is 5.47. The average molecular weight is 341 g/mol. The third-order valence-electron chi connectivity index (χ3n) is 4.34. The molecule has 0 atom stereocenters. The molecule has 0 saturated carbocycles. The van der Waals surface area contributed by atoms with E-state index in [1.54, 1.807) is 18.3 Å². The second-order valence-corrected chi connectivity index (χ2v) is 5.94. The highest BCUT2D eigenvalue weighted by Gasteiger charge is 2.23. The Morgan fingerprint density at radius 1 is 1.04 bits per heavy atom. The van der Waals surface area contributed by atoms with E-state index in [1.165, 1.54) is 10.6 Å². The summed E-state index contributed by atoms with van der Waals surface area (Å²) in [7, 11) is 0. The van der Waals surface area contributed by atoms with Crippen LogP contribution in [0.15, 0.2) is 53.5 Å². The normalized spacial score (nSPS) is 14.4. The second kappa shape index (κ2) is 7.88. The van der Waals surface area contributed by atoms with Crippen LogP contribution in [0.2, 0.25) is 0 Å². The van der Waals surface area contributed by atoms with Crippen molar-refractivity contribution in [2.45, 2.75) is 13.5 Å². The van der Waals surface area contributed by atoms with Gasteiger partial charge in [-0.25, -0.2) is 0 Å². The molecule has 1 fully saturated rings. The lowest BCUT2D eigenvalue weighted by molar-refractivity contribution is -0.132. The number of piperazine rings is 1. The minimum Gasteiger partial charge on any atom is -0.492 e. The summed E-state index contributed by atoms with van der Waals surface area (Å²) in [6, 6.07) is 12.9. The van der Waals surface area contributed by atoms with Crippen LogP contribution in [0.25, 0.3) is 0 Å². The number of rotatable bonds is 5. The number of aromatic nitrogens is 1. The molecule has 0 spiro atoms. The molecular weight excluding hydrogens is 318 g/mol. The molecule has 2 aromatic rings. The molecule has 6 nitrogen and oxygen atoms in total. The standard InChI is InChI=1S/C19H23N3O3/c1-2-25-17-8-4-3-7-16(17)20-11-13-21(14-12-20)19(24)15-22-10-6-5-9-18(22)23/h3-10H,2,11-15H2,1H3. The minimum atomic E-state index is -0.153. The number of hydrogen-bond acceptors (Lipinski definition) is 4. The highest BCUT2D eigenvalue weighted by Crippen LogP contribution is 2.28. The third kappa shape index (κ3) is 4.02. The van der Waals surface area contributed by atoms with Crippen molar-refractivity contribution in [1.29, 1.82) is 0 Å². The summed E-state index contributed by atoms with van der Waals surface area (Å²) in [5, 5.41) is 0.